The highest BCUT2D eigenvalue weighted by Gasteiger charge is 2.32. The molecule has 23 heavy (non-hydrogen) atoms. The van der Waals surface area contributed by atoms with Gasteiger partial charge in [-0.3, -0.25) is 9.59 Å². The van der Waals surface area contributed by atoms with Crippen LogP contribution in [0.4, 0.5) is 0 Å². The fourth-order valence-corrected chi connectivity index (χ4v) is 2.11. The van der Waals surface area contributed by atoms with E-state index in [1.807, 2.05) is 30.3 Å². The van der Waals surface area contributed by atoms with Crippen LogP contribution in [0.1, 0.15) is 22.6 Å². The quantitative estimate of drug-likeness (QED) is 0.497. The second-order valence-electron chi connectivity index (χ2n) is 4.68. The van der Waals surface area contributed by atoms with Gasteiger partial charge >= 0.3 is 11.9 Å². The molecule has 0 saturated heterocycles. The summed E-state index contributed by atoms with van der Waals surface area (Å²) in [5.41, 5.74) is 1.89. The minimum Gasteiger partial charge on any atom is -0.468 e. The average Bonchev–Trinajstić information content (AvgIpc) is 2.61. The van der Waals surface area contributed by atoms with Crippen LogP contribution in [-0.4, -0.2) is 26.2 Å². The highest BCUT2D eigenvalue weighted by atomic mass is 16.5. The van der Waals surface area contributed by atoms with Gasteiger partial charge in [0, 0.05) is 11.1 Å². The monoisotopic (exact) mass is 308 g/mol. The molecule has 0 heterocycles. The Morgan fingerprint density at radius 3 is 2.00 bits per heavy atom. The normalized spacial score (nSPS) is 9.70. The Kier molecular flexibility index (Phi) is 5.54. The Labute approximate surface area is 135 Å². The van der Waals surface area contributed by atoms with Gasteiger partial charge in [-0.2, -0.15) is 0 Å². The summed E-state index contributed by atoms with van der Waals surface area (Å²) in [7, 11) is 2.47. The number of carbonyl (C=O) groups is 2. The number of hydrogen-bond acceptors (Lipinski definition) is 4. The number of benzene rings is 2. The van der Waals surface area contributed by atoms with Crippen LogP contribution < -0.4 is 0 Å². The Morgan fingerprint density at radius 2 is 1.39 bits per heavy atom. The minimum atomic E-state index is -1.15. The number of rotatable bonds is 3. The van der Waals surface area contributed by atoms with Crippen molar-refractivity contribution in [3.05, 3.63) is 71.3 Å². The lowest BCUT2D eigenvalue weighted by atomic mass is 9.94. The van der Waals surface area contributed by atoms with E-state index in [1.165, 1.54) is 14.2 Å². The van der Waals surface area contributed by atoms with Crippen molar-refractivity contribution >= 4 is 11.9 Å². The molecule has 0 aliphatic heterocycles. The number of carbonyl (C=O) groups excluding carboxylic acids is 2. The van der Waals surface area contributed by atoms with E-state index in [-0.39, 0.29) is 0 Å². The predicted octanol–water partition coefficient (Wildman–Crippen LogP) is 2.52. The van der Waals surface area contributed by atoms with Gasteiger partial charge < -0.3 is 9.47 Å². The highest BCUT2D eigenvalue weighted by Crippen LogP contribution is 2.22. The van der Waals surface area contributed by atoms with Crippen LogP contribution in [0, 0.1) is 11.8 Å². The third-order valence-electron chi connectivity index (χ3n) is 3.26. The van der Waals surface area contributed by atoms with Crippen molar-refractivity contribution in [1.82, 2.24) is 0 Å². The van der Waals surface area contributed by atoms with Crippen molar-refractivity contribution in [3.8, 4) is 11.8 Å². The topological polar surface area (TPSA) is 52.6 Å². The van der Waals surface area contributed by atoms with Gasteiger partial charge in [0.15, 0.2) is 5.92 Å². The van der Waals surface area contributed by atoms with Gasteiger partial charge in [-0.15, -0.1) is 0 Å². The Balaban J connectivity index is 2.46. The maximum absolute atomic E-state index is 12.0. The van der Waals surface area contributed by atoms with Crippen molar-refractivity contribution in [2.75, 3.05) is 14.2 Å². The summed E-state index contributed by atoms with van der Waals surface area (Å²) in [4.78, 5) is 23.9. The third-order valence-corrected chi connectivity index (χ3v) is 3.26. The summed E-state index contributed by atoms with van der Waals surface area (Å²) in [5.74, 6) is 3.52. The lowest BCUT2D eigenvalue weighted by Gasteiger charge is -2.14. The van der Waals surface area contributed by atoms with Gasteiger partial charge in [-0.25, -0.2) is 0 Å². The van der Waals surface area contributed by atoms with E-state index in [0.29, 0.717) is 11.1 Å². The van der Waals surface area contributed by atoms with Gasteiger partial charge in [0.25, 0.3) is 0 Å². The van der Waals surface area contributed by atoms with E-state index in [4.69, 9.17) is 9.47 Å². The van der Waals surface area contributed by atoms with Crippen molar-refractivity contribution in [3.63, 3.8) is 0 Å². The summed E-state index contributed by atoms with van der Waals surface area (Å²) in [6, 6.07) is 16.4. The maximum Gasteiger partial charge on any atom is 0.324 e. The maximum atomic E-state index is 12.0. The summed E-state index contributed by atoms with van der Waals surface area (Å²) < 4.78 is 9.44. The Morgan fingerprint density at radius 1 is 0.826 bits per heavy atom. The van der Waals surface area contributed by atoms with E-state index < -0.39 is 17.9 Å². The van der Waals surface area contributed by atoms with Crippen LogP contribution in [0.3, 0.4) is 0 Å². The van der Waals surface area contributed by atoms with E-state index in [2.05, 4.69) is 11.8 Å². The number of ether oxygens (including phenoxy) is 2. The van der Waals surface area contributed by atoms with Gasteiger partial charge in [0.1, 0.15) is 0 Å². The molecule has 2 rings (SSSR count). The fraction of sp³-hybridized carbons (Fsp3) is 0.158. The minimum absolute atomic E-state index is 0.467. The zero-order chi connectivity index (χ0) is 16.7. The summed E-state index contributed by atoms with van der Waals surface area (Å²) in [6.07, 6.45) is 0. The molecular weight excluding hydrogens is 292 g/mol. The molecule has 0 unspecified atom stereocenters. The number of esters is 2. The molecule has 2 aromatic carbocycles. The lowest BCUT2D eigenvalue weighted by Crippen LogP contribution is -2.25. The number of methoxy groups -OCH3 is 2. The van der Waals surface area contributed by atoms with E-state index in [9.17, 15) is 9.59 Å². The van der Waals surface area contributed by atoms with Gasteiger partial charge in [0.05, 0.1) is 14.2 Å². The number of hydrogen-bond donors (Lipinski definition) is 0. The largest absolute Gasteiger partial charge is 0.468 e. The molecule has 0 aliphatic rings. The smallest absolute Gasteiger partial charge is 0.324 e. The second-order valence-corrected chi connectivity index (χ2v) is 4.68. The predicted molar refractivity (Wildman–Crippen MR) is 85.6 cm³/mol. The molecule has 0 atom stereocenters. The van der Waals surface area contributed by atoms with Gasteiger partial charge in [0.2, 0.25) is 0 Å². The molecule has 0 aliphatic carbocycles. The first kappa shape index (κ1) is 16.3. The van der Waals surface area contributed by atoms with Gasteiger partial charge in [-0.1, -0.05) is 48.2 Å². The molecule has 0 amide bonds. The molecule has 0 N–H and O–H groups in total. The molecule has 116 valence electrons. The molecule has 0 saturated carbocycles. The first-order chi connectivity index (χ1) is 11.2. The molecule has 4 nitrogen and oxygen atoms in total. The molecular formula is C19H16O4. The SMILES string of the molecule is COC(=O)C(C(=O)OC)c1ccccc1C#Cc1ccccc1. The third kappa shape index (κ3) is 3.98. The zero-order valence-corrected chi connectivity index (χ0v) is 12.9. The standard InChI is InChI=1S/C19H16O4/c1-22-18(20)17(19(21)23-2)16-11-7-6-10-15(16)13-12-14-8-4-3-5-9-14/h3-11,17H,1-2H3. The Hall–Kier alpha value is -3.06. The zero-order valence-electron chi connectivity index (χ0n) is 12.9. The lowest BCUT2D eigenvalue weighted by molar-refractivity contribution is -0.154. The first-order valence-electron chi connectivity index (χ1n) is 6.99. The summed E-state index contributed by atoms with van der Waals surface area (Å²) >= 11 is 0. The molecule has 0 spiro atoms. The summed E-state index contributed by atoms with van der Waals surface area (Å²) in [6.45, 7) is 0. The average molecular weight is 308 g/mol. The van der Waals surface area contributed by atoms with Crippen LogP contribution >= 0.6 is 0 Å². The van der Waals surface area contributed by atoms with E-state index in [1.54, 1.807) is 24.3 Å². The molecule has 0 fully saturated rings. The van der Waals surface area contributed by atoms with Crippen molar-refractivity contribution in [1.29, 1.82) is 0 Å². The van der Waals surface area contributed by atoms with Crippen molar-refractivity contribution in [2.45, 2.75) is 5.92 Å². The van der Waals surface area contributed by atoms with Crippen LogP contribution in [-0.2, 0) is 19.1 Å². The molecule has 4 heteroatoms. The Bertz CT molecular complexity index is 738. The van der Waals surface area contributed by atoms with Crippen LogP contribution in [0.15, 0.2) is 54.6 Å². The van der Waals surface area contributed by atoms with Crippen LogP contribution in [0.25, 0.3) is 0 Å². The molecule has 2 aromatic rings. The van der Waals surface area contributed by atoms with E-state index >= 15 is 0 Å². The van der Waals surface area contributed by atoms with Crippen LogP contribution in [0.5, 0.6) is 0 Å². The summed E-state index contributed by atoms with van der Waals surface area (Å²) in [5, 5.41) is 0. The van der Waals surface area contributed by atoms with Crippen molar-refractivity contribution in [2.24, 2.45) is 0 Å². The molecule has 0 aromatic heterocycles. The van der Waals surface area contributed by atoms with E-state index in [0.717, 1.165) is 5.56 Å². The van der Waals surface area contributed by atoms with Crippen LogP contribution in [0.2, 0.25) is 0 Å². The first-order valence-corrected chi connectivity index (χ1v) is 6.99. The second kappa shape index (κ2) is 7.81. The fourth-order valence-electron chi connectivity index (χ4n) is 2.11. The van der Waals surface area contributed by atoms with Crippen molar-refractivity contribution < 1.29 is 19.1 Å². The molecule has 0 radical (unpaired) electrons. The van der Waals surface area contributed by atoms with Gasteiger partial charge in [-0.05, 0) is 23.8 Å². The highest BCUT2D eigenvalue weighted by molar-refractivity contribution is 6.01. The molecule has 0 bridgehead atoms.